The van der Waals surface area contributed by atoms with Crippen molar-refractivity contribution in [2.45, 2.75) is 51.9 Å². The highest BCUT2D eigenvalue weighted by molar-refractivity contribution is 5.85. The Morgan fingerprint density at radius 1 is 1.19 bits per heavy atom. The number of hydrogen-bond acceptors (Lipinski definition) is 4. The van der Waals surface area contributed by atoms with Gasteiger partial charge in [-0.25, -0.2) is 4.79 Å². The molecule has 1 aromatic carbocycles. The van der Waals surface area contributed by atoms with Crippen molar-refractivity contribution in [1.29, 1.82) is 0 Å². The van der Waals surface area contributed by atoms with Crippen LogP contribution >= 0.6 is 0 Å². The summed E-state index contributed by atoms with van der Waals surface area (Å²) in [5.74, 6) is 0.262. The summed E-state index contributed by atoms with van der Waals surface area (Å²) in [7, 11) is 1.31. The number of rotatable bonds is 7. The molecule has 144 valence electrons. The van der Waals surface area contributed by atoms with Crippen molar-refractivity contribution in [3.63, 3.8) is 0 Å². The van der Waals surface area contributed by atoms with Crippen molar-refractivity contribution < 1.29 is 19.1 Å². The number of piperidine rings is 1. The quantitative estimate of drug-likeness (QED) is 0.810. The molecule has 1 saturated heterocycles. The fraction of sp³-hybridized carbons (Fsp3) is 0.600. The van der Waals surface area contributed by atoms with Gasteiger partial charge in [-0.05, 0) is 30.7 Å². The lowest BCUT2D eigenvalue weighted by Gasteiger charge is -2.34. The van der Waals surface area contributed by atoms with Gasteiger partial charge in [-0.2, -0.15) is 0 Å². The summed E-state index contributed by atoms with van der Waals surface area (Å²) in [5, 5.41) is 2.67. The van der Waals surface area contributed by atoms with Crippen molar-refractivity contribution in [2.24, 2.45) is 5.92 Å². The number of carbonyl (C=O) groups excluding carboxylic acids is 2. The monoisotopic (exact) mass is 362 g/mol. The van der Waals surface area contributed by atoms with Crippen LogP contribution in [0.5, 0.6) is 0 Å². The molecule has 6 nitrogen and oxygen atoms in total. The minimum absolute atomic E-state index is 0.0365. The van der Waals surface area contributed by atoms with E-state index in [2.05, 4.69) is 10.1 Å². The topological polar surface area (TPSA) is 67.9 Å². The highest BCUT2D eigenvalue weighted by atomic mass is 16.5. The van der Waals surface area contributed by atoms with Crippen LogP contribution < -0.4 is 5.32 Å². The minimum atomic E-state index is -0.565. The Bertz CT molecular complexity index is 568. The number of amides is 2. The molecule has 1 unspecified atom stereocenters. The Balaban J connectivity index is 1.82. The van der Waals surface area contributed by atoms with Crippen molar-refractivity contribution >= 4 is 12.0 Å². The third-order valence-electron chi connectivity index (χ3n) is 4.56. The van der Waals surface area contributed by atoms with Crippen LogP contribution in [0.15, 0.2) is 30.3 Å². The van der Waals surface area contributed by atoms with Gasteiger partial charge in [0.25, 0.3) is 0 Å². The van der Waals surface area contributed by atoms with Gasteiger partial charge in [0.2, 0.25) is 5.91 Å². The molecular weight excluding hydrogens is 332 g/mol. The minimum Gasteiger partial charge on any atom is -0.453 e. The molecule has 1 fully saturated rings. The van der Waals surface area contributed by atoms with Crippen molar-refractivity contribution in [1.82, 2.24) is 10.2 Å². The molecule has 1 heterocycles. The number of nitrogens with one attached hydrogen (secondary N) is 1. The molecule has 6 heteroatoms. The number of methoxy groups -OCH3 is 1. The van der Waals surface area contributed by atoms with Crippen LogP contribution in [-0.4, -0.2) is 49.2 Å². The van der Waals surface area contributed by atoms with E-state index in [1.165, 1.54) is 7.11 Å². The summed E-state index contributed by atoms with van der Waals surface area (Å²) < 4.78 is 10.6. The Morgan fingerprint density at radius 2 is 1.85 bits per heavy atom. The third kappa shape index (κ3) is 6.33. The molecule has 1 aliphatic heterocycles. The summed E-state index contributed by atoms with van der Waals surface area (Å²) in [5.41, 5.74) is 1.16. The largest absolute Gasteiger partial charge is 0.453 e. The molecule has 0 aliphatic carbocycles. The number of hydrogen-bond donors (Lipinski definition) is 1. The van der Waals surface area contributed by atoms with Gasteiger partial charge in [0.15, 0.2) is 0 Å². The maximum atomic E-state index is 12.8. The van der Waals surface area contributed by atoms with Gasteiger partial charge in [-0.1, -0.05) is 44.2 Å². The van der Waals surface area contributed by atoms with E-state index in [1.807, 2.05) is 49.1 Å². The van der Waals surface area contributed by atoms with Crippen LogP contribution in [0.3, 0.4) is 0 Å². The lowest BCUT2D eigenvalue weighted by Crippen LogP contribution is -2.51. The summed E-state index contributed by atoms with van der Waals surface area (Å²) >= 11 is 0. The van der Waals surface area contributed by atoms with Gasteiger partial charge >= 0.3 is 6.09 Å². The molecular formula is C20H30N2O4. The highest BCUT2D eigenvalue weighted by Gasteiger charge is 2.30. The van der Waals surface area contributed by atoms with E-state index in [0.717, 1.165) is 18.4 Å². The second-order valence-corrected chi connectivity index (χ2v) is 7.14. The fourth-order valence-corrected chi connectivity index (χ4v) is 3.15. The first-order chi connectivity index (χ1) is 12.5. The number of carbonyl (C=O) groups is 2. The predicted octanol–water partition coefficient (Wildman–Crippen LogP) is 2.96. The van der Waals surface area contributed by atoms with Crippen LogP contribution in [0.25, 0.3) is 0 Å². The normalized spacial score (nSPS) is 16.4. The molecule has 0 spiro atoms. The van der Waals surface area contributed by atoms with E-state index < -0.39 is 12.1 Å². The molecule has 2 amide bonds. The summed E-state index contributed by atoms with van der Waals surface area (Å²) in [4.78, 5) is 26.1. The lowest BCUT2D eigenvalue weighted by atomic mass is 10.0. The Hall–Kier alpha value is -2.08. The summed E-state index contributed by atoms with van der Waals surface area (Å²) in [6, 6.07) is 9.56. The number of nitrogens with zero attached hydrogens (tertiary/aromatic N) is 1. The van der Waals surface area contributed by atoms with E-state index in [-0.39, 0.29) is 12.0 Å². The van der Waals surface area contributed by atoms with Crippen LogP contribution in [0.2, 0.25) is 0 Å². The van der Waals surface area contributed by atoms with Gasteiger partial charge in [-0.15, -0.1) is 0 Å². The van der Waals surface area contributed by atoms with E-state index in [0.29, 0.717) is 32.0 Å². The van der Waals surface area contributed by atoms with E-state index in [4.69, 9.17) is 4.74 Å². The van der Waals surface area contributed by atoms with Gasteiger partial charge in [-0.3, -0.25) is 4.79 Å². The highest BCUT2D eigenvalue weighted by Crippen LogP contribution is 2.18. The van der Waals surface area contributed by atoms with E-state index in [9.17, 15) is 9.59 Å². The fourth-order valence-electron chi connectivity index (χ4n) is 3.15. The zero-order valence-corrected chi connectivity index (χ0v) is 15.9. The number of benzene rings is 1. The second kappa shape index (κ2) is 10.2. The molecule has 1 atom stereocenters. The van der Waals surface area contributed by atoms with Gasteiger partial charge in [0.1, 0.15) is 6.04 Å². The van der Waals surface area contributed by atoms with Crippen LogP contribution in [-0.2, 0) is 20.9 Å². The van der Waals surface area contributed by atoms with Gasteiger partial charge < -0.3 is 19.7 Å². The van der Waals surface area contributed by atoms with Gasteiger partial charge in [0.05, 0.1) is 19.8 Å². The number of likely N-dealkylation sites (tertiary alicyclic amines) is 1. The first-order valence-corrected chi connectivity index (χ1v) is 9.28. The van der Waals surface area contributed by atoms with Crippen molar-refractivity contribution in [3.8, 4) is 0 Å². The standard InChI is InChI=1S/C20H30N2O4/c1-15(2)13-18(21-20(24)25-3)19(23)22-11-9-17(10-12-22)26-14-16-7-5-4-6-8-16/h4-8,15,17-18H,9-14H2,1-3H3,(H,21,24). The molecule has 0 aromatic heterocycles. The Morgan fingerprint density at radius 3 is 2.42 bits per heavy atom. The Kier molecular flexibility index (Phi) is 7.91. The molecule has 0 bridgehead atoms. The first-order valence-electron chi connectivity index (χ1n) is 9.28. The number of ether oxygens (including phenoxy) is 2. The summed E-state index contributed by atoms with van der Waals surface area (Å²) in [6.07, 6.45) is 1.82. The smallest absolute Gasteiger partial charge is 0.407 e. The molecule has 1 aliphatic rings. The molecule has 2 rings (SSSR count). The van der Waals surface area contributed by atoms with E-state index >= 15 is 0 Å². The maximum absolute atomic E-state index is 12.8. The van der Waals surface area contributed by atoms with E-state index in [1.54, 1.807) is 0 Å². The maximum Gasteiger partial charge on any atom is 0.407 e. The van der Waals surface area contributed by atoms with Crippen LogP contribution in [0.4, 0.5) is 4.79 Å². The zero-order chi connectivity index (χ0) is 18.9. The molecule has 0 saturated carbocycles. The number of alkyl carbamates (subject to hydrolysis) is 1. The third-order valence-corrected chi connectivity index (χ3v) is 4.56. The average molecular weight is 362 g/mol. The second-order valence-electron chi connectivity index (χ2n) is 7.14. The first kappa shape index (κ1) is 20.2. The molecule has 1 N–H and O–H groups in total. The molecule has 0 radical (unpaired) electrons. The Labute approximate surface area is 155 Å². The van der Waals surface area contributed by atoms with Crippen molar-refractivity contribution in [2.75, 3.05) is 20.2 Å². The molecule has 26 heavy (non-hydrogen) atoms. The van der Waals surface area contributed by atoms with Gasteiger partial charge in [0, 0.05) is 13.1 Å². The van der Waals surface area contributed by atoms with Crippen molar-refractivity contribution in [3.05, 3.63) is 35.9 Å². The predicted molar refractivity (Wildman–Crippen MR) is 99.6 cm³/mol. The zero-order valence-electron chi connectivity index (χ0n) is 15.9. The van der Waals surface area contributed by atoms with Crippen LogP contribution in [0.1, 0.15) is 38.7 Å². The van der Waals surface area contributed by atoms with Crippen LogP contribution in [0, 0.1) is 5.92 Å². The average Bonchev–Trinajstić information content (AvgIpc) is 2.66. The lowest BCUT2D eigenvalue weighted by molar-refractivity contribution is -0.136. The SMILES string of the molecule is COC(=O)NC(CC(C)C)C(=O)N1CCC(OCc2ccccc2)CC1. The molecule has 1 aromatic rings. The summed E-state index contributed by atoms with van der Waals surface area (Å²) in [6.45, 7) is 5.95.